The molecular weight excluding hydrogens is 345 g/mol. The van der Waals surface area contributed by atoms with Gasteiger partial charge >= 0.3 is 6.18 Å². The van der Waals surface area contributed by atoms with Crippen molar-refractivity contribution in [1.82, 2.24) is 15.0 Å². The Bertz CT molecular complexity index is 769. The average Bonchev–Trinajstić information content (AvgIpc) is 2.61. The molecule has 140 valence electrons. The fourth-order valence-electron chi connectivity index (χ4n) is 2.80. The van der Waals surface area contributed by atoms with Gasteiger partial charge in [-0.1, -0.05) is 6.07 Å². The van der Waals surface area contributed by atoms with E-state index >= 15 is 0 Å². The zero-order valence-corrected chi connectivity index (χ0v) is 15.0. The molecule has 2 aromatic heterocycles. The predicted molar refractivity (Wildman–Crippen MR) is 94.8 cm³/mol. The number of halogens is 3. The lowest BCUT2D eigenvalue weighted by molar-refractivity contribution is -0.141. The average molecular weight is 366 g/mol. The molecule has 0 bridgehead atoms. The van der Waals surface area contributed by atoms with Crippen LogP contribution in [0.2, 0.25) is 0 Å². The van der Waals surface area contributed by atoms with E-state index in [0.717, 1.165) is 17.6 Å². The smallest absolute Gasteiger partial charge is 0.363 e. The molecule has 9 heteroatoms. The zero-order valence-electron chi connectivity index (χ0n) is 15.0. The van der Waals surface area contributed by atoms with Crippen molar-refractivity contribution in [3.05, 3.63) is 35.7 Å². The number of pyridine rings is 1. The molecule has 3 rings (SSSR count). The maximum atomic E-state index is 12.8. The largest absolute Gasteiger partial charge is 0.433 e. The van der Waals surface area contributed by atoms with Gasteiger partial charge in [-0.15, -0.1) is 0 Å². The quantitative estimate of drug-likeness (QED) is 0.832. The van der Waals surface area contributed by atoms with Crippen molar-refractivity contribution in [2.75, 3.05) is 55.0 Å². The summed E-state index contributed by atoms with van der Waals surface area (Å²) in [6.45, 7) is 4.27. The Hall–Kier alpha value is -2.58. The van der Waals surface area contributed by atoms with Crippen LogP contribution in [-0.2, 0) is 6.18 Å². The van der Waals surface area contributed by atoms with Gasteiger partial charge in [-0.25, -0.2) is 9.97 Å². The summed E-state index contributed by atoms with van der Waals surface area (Å²) in [7, 11) is 3.84. The summed E-state index contributed by atoms with van der Waals surface area (Å²) in [6, 6.07) is 5.90. The molecule has 3 heterocycles. The number of alkyl halides is 3. The Kier molecular flexibility index (Phi) is 4.88. The number of hydrogen-bond donors (Lipinski definition) is 0. The number of nitrogens with zero attached hydrogens (tertiary/aromatic N) is 6. The first-order valence-corrected chi connectivity index (χ1v) is 8.31. The molecular formula is C17H21F3N6. The molecule has 1 saturated heterocycles. The first-order chi connectivity index (χ1) is 12.2. The highest BCUT2D eigenvalue weighted by Crippen LogP contribution is 2.29. The van der Waals surface area contributed by atoms with E-state index in [9.17, 15) is 13.2 Å². The van der Waals surface area contributed by atoms with Gasteiger partial charge in [0.05, 0.1) is 0 Å². The predicted octanol–water partition coefficient (Wildman–Crippen LogP) is 2.59. The van der Waals surface area contributed by atoms with Crippen LogP contribution < -0.4 is 14.7 Å². The van der Waals surface area contributed by atoms with Gasteiger partial charge in [0, 0.05) is 52.0 Å². The Balaban J connectivity index is 1.72. The molecule has 2 aromatic rings. The van der Waals surface area contributed by atoms with Crippen molar-refractivity contribution in [2.45, 2.75) is 13.1 Å². The molecule has 1 aliphatic heterocycles. The first-order valence-electron chi connectivity index (χ1n) is 8.31. The molecule has 0 unspecified atom stereocenters. The summed E-state index contributed by atoms with van der Waals surface area (Å²) in [4.78, 5) is 18.6. The second-order valence-corrected chi connectivity index (χ2v) is 6.41. The number of anilines is 3. The molecule has 0 amide bonds. The van der Waals surface area contributed by atoms with E-state index in [1.165, 1.54) is 6.07 Å². The summed E-state index contributed by atoms with van der Waals surface area (Å²) in [5.41, 5.74) is 0.00995. The molecule has 0 N–H and O–H groups in total. The van der Waals surface area contributed by atoms with Crippen molar-refractivity contribution in [2.24, 2.45) is 0 Å². The number of rotatable bonds is 3. The van der Waals surface area contributed by atoms with Gasteiger partial charge < -0.3 is 14.7 Å². The molecule has 0 aliphatic carbocycles. The van der Waals surface area contributed by atoms with E-state index in [2.05, 4.69) is 15.0 Å². The molecule has 0 spiro atoms. The van der Waals surface area contributed by atoms with Crippen LogP contribution in [0.15, 0.2) is 24.3 Å². The van der Waals surface area contributed by atoms with Crippen molar-refractivity contribution in [3.8, 4) is 0 Å². The van der Waals surface area contributed by atoms with Crippen molar-refractivity contribution in [3.63, 3.8) is 0 Å². The number of aryl methyl sites for hydroxylation is 1. The second-order valence-electron chi connectivity index (χ2n) is 6.41. The Morgan fingerprint density at radius 1 is 0.962 bits per heavy atom. The normalized spacial score (nSPS) is 15.3. The minimum Gasteiger partial charge on any atom is -0.363 e. The molecule has 1 fully saturated rings. The number of hydrogen-bond acceptors (Lipinski definition) is 6. The third-order valence-corrected chi connectivity index (χ3v) is 4.20. The fraction of sp³-hybridized carbons (Fsp3) is 0.471. The van der Waals surface area contributed by atoms with Crippen LogP contribution in [0.5, 0.6) is 0 Å². The minimum absolute atomic E-state index is 0.346. The van der Waals surface area contributed by atoms with Crippen LogP contribution in [0.3, 0.4) is 0 Å². The molecule has 0 radical (unpaired) electrons. The van der Waals surface area contributed by atoms with Crippen molar-refractivity contribution < 1.29 is 13.2 Å². The van der Waals surface area contributed by atoms with E-state index in [4.69, 9.17) is 0 Å². The lowest BCUT2D eigenvalue weighted by Crippen LogP contribution is -2.47. The summed E-state index contributed by atoms with van der Waals surface area (Å²) in [5.74, 6) is 1.82. The zero-order chi connectivity index (χ0) is 18.9. The van der Waals surface area contributed by atoms with E-state index in [-0.39, 0.29) is 0 Å². The fourth-order valence-corrected chi connectivity index (χ4v) is 2.80. The van der Waals surface area contributed by atoms with Crippen LogP contribution in [-0.4, -0.2) is 55.2 Å². The van der Waals surface area contributed by atoms with Crippen molar-refractivity contribution >= 4 is 17.6 Å². The Labute approximate surface area is 150 Å². The standard InChI is InChI=1S/C17H21F3N6/c1-12-11-15(24(2)3)23-16(21-12)26-9-7-25(8-10-26)14-6-4-5-13(22-14)17(18,19)20/h4-6,11H,7-10H2,1-3H3. The number of aromatic nitrogens is 3. The van der Waals surface area contributed by atoms with Crippen LogP contribution in [0, 0.1) is 6.92 Å². The Morgan fingerprint density at radius 3 is 2.23 bits per heavy atom. The van der Waals surface area contributed by atoms with E-state index in [0.29, 0.717) is 37.9 Å². The van der Waals surface area contributed by atoms with Gasteiger partial charge in [-0.05, 0) is 19.1 Å². The van der Waals surface area contributed by atoms with Crippen LogP contribution in [0.4, 0.5) is 30.8 Å². The van der Waals surface area contributed by atoms with Crippen LogP contribution in [0.25, 0.3) is 0 Å². The topological polar surface area (TPSA) is 48.4 Å². The summed E-state index contributed by atoms with van der Waals surface area (Å²) in [5, 5.41) is 0. The molecule has 1 aliphatic rings. The summed E-state index contributed by atoms with van der Waals surface area (Å²) >= 11 is 0. The maximum absolute atomic E-state index is 12.8. The molecule has 0 aromatic carbocycles. The van der Waals surface area contributed by atoms with E-state index in [1.54, 1.807) is 6.07 Å². The third-order valence-electron chi connectivity index (χ3n) is 4.20. The summed E-state index contributed by atoms with van der Waals surface area (Å²) in [6.07, 6.45) is -4.43. The summed E-state index contributed by atoms with van der Waals surface area (Å²) < 4.78 is 38.5. The highest BCUT2D eigenvalue weighted by molar-refractivity contribution is 5.47. The highest BCUT2D eigenvalue weighted by Gasteiger charge is 2.33. The third kappa shape index (κ3) is 3.97. The van der Waals surface area contributed by atoms with Crippen LogP contribution >= 0.6 is 0 Å². The maximum Gasteiger partial charge on any atom is 0.433 e. The van der Waals surface area contributed by atoms with Gasteiger partial charge in [-0.3, -0.25) is 0 Å². The van der Waals surface area contributed by atoms with Gasteiger partial charge in [0.2, 0.25) is 5.95 Å². The van der Waals surface area contributed by atoms with E-state index < -0.39 is 11.9 Å². The minimum atomic E-state index is -4.43. The van der Waals surface area contributed by atoms with Gasteiger partial charge in [0.1, 0.15) is 17.3 Å². The van der Waals surface area contributed by atoms with Crippen molar-refractivity contribution in [1.29, 1.82) is 0 Å². The van der Waals surface area contributed by atoms with E-state index in [1.807, 2.05) is 41.8 Å². The Morgan fingerprint density at radius 2 is 1.62 bits per heavy atom. The van der Waals surface area contributed by atoms with Gasteiger partial charge in [-0.2, -0.15) is 18.2 Å². The van der Waals surface area contributed by atoms with Gasteiger partial charge in [0.15, 0.2) is 0 Å². The lowest BCUT2D eigenvalue weighted by Gasteiger charge is -2.35. The lowest BCUT2D eigenvalue weighted by atomic mass is 10.3. The van der Waals surface area contributed by atoms with Crippen LogP contribution in [0.1, 0.15) is 11.4 Å². The molecule has 6 nitrogen and oxygen atoms in total. The van der Waals surface area contributed by atoms with Gasteiger partial charge in [0.25, 0.3) is 0 Å². The SMILES string of the molecule is Cc1cc(N(C)C)nc(N2CCN(c3cccc(C(F)(F)F)n3)CC2)n1. The first kappa shape index (κ1) is 18.2. The molecule has 0 atom stereocenters. The molecule has 26 heavy (non-hydrogen) atoms. The number of piperazine rings is 1. The highest BCUT2D eigenvalue weighted by atomic mass is 19.4. The second kappa shape index (κ2) is 6.97. The molecule has 0 saturated carbocycles. The monoisotopic (exact) mass is 366 g/mol.